The number of fused-ring (bicyclic) bond motifs is 2. The lowest BCUT2D eigenvalue weighted by Crippen LogP contribution is -2.30. The zero-order valence-electron chi connectivity index (χ0n) is 18.8. The van der Waals surface area contributed by atoms with E-state index in [2.05, 4.69) is 50.3 Å². The average Bonchev–Trinajstić information content (AvgIpc) is 3.32. The van der Waals surface area contributed by atoms with Crippen molar-refractivity contribution in [2.24, 2.45) is 0 Å². The van der Waals surface area contributed by atoms with Crippen LogP contribution in [0.3, 0.4) is 0 Å². The summed E-state index contributed by atoms with van der Waals surface area (Å²) < 4.78 is 0.928. The molecular formula is C25H31BrN4O2. The third-order valence-electron chi connectivity index (χ3n) is 6.47. The number of benzene rings is 1. The summed E-state index contributed by atoms with van der Waals surface area (Å²) in [5, 5.41) is 6.02. The number of aromatic nitrogens is 1. The van der Waals surface area contributed by atoms with Crippen LogP contribution in [0.25, 0.3) is 11.6 Å². The molecule has 0 bridgehead atoms. The Labute approximate surface area is 198 Å². The van der Waals surface area contributed by atoms with E-state index in [4.69, 9.17) is 0 Å². The molecule has 0 unspecified atom stereocenters. The number of nitrogens with zero attached hydrogens (tertiary/aromatic N) is 1. The van der Waals surface area contributed by atoms with Crippen LogP contribution in [0.15, 0.2) is 22.7 Å². The van der Waals surface area contributed by atoms with Crippen LogP contribution in [-0.2, 0) is 17.6 Å². The Morgan fingerprint density at radius 3 is 2.69 bits per heavy atom. The number of nitrogens with one attached hydrogen (secondary N) is 3. The fraction of sp³-hybridized carbons (Fsp3) is 0.440. The minimum absolute atomic E-state index is 0.0497. The van der Waals surface area contributed by atoms with E-state index < -0.39 is 0 Å². The minimum atomic E-state index is -0.111. The van der Waals surface area contributed by atoms with Crippen molar-refractivity contribution < 1.29 is 9.59 Å². The number of carbonyl (C=O) groups is 2. The minimum Gasteiger partial charge on any atom is -0.351 e. The molecule has 0 radical (unpaired) electrons. The van der Waals surface area contributed by atoms with Gasteiger partial charge < -0.3 is 20.5 Å². The Balaban J connectivity index is 1.57. The molecule has 3 N–H and O–H groups in total. The Morgan fingerprint density at radius 1 is 1.19 bits per heavy atom. The van der Waals surface area contributed by atoms with Crippen molar-refractivity contribution in [1.29, 1.82) is 0 Å². The van der Waals surface area contributed by atoms with Crippen LogP contribution in [0, 0.1) is 0 Å². The highest BCUT2D eigenvalue weighted by atomic mass is 79.9. The van der Waals surface area contributed by atoms with Gasteiger partial charge in [-0.2, -0.15) is 0 Å². The molecule has 0 saturated heterocycles. The predicted molar refractivity (Wildman–Crippen MR) is 133 cm³/mol. The van der Waals surface area contributed by atoms with Gasteiger partial charge in [-0.1, -0.05) is 29.8 Å². The molecule has 0 spiro atoms. The van der Waals surface area contributed by atoms with Crippen LogP contribution in [-0.4, -0.2) is 47.9 Å². The molecule has 170 valence electrons. The molecule has 0 fully saturated rings. The van der Waals surface area contributed by atoms with Crippen molar-refractivity contribution in [3.05, 3.63) is 50.8 Å². The van der Waals surface area contributed by atoms with Crippen molar-refractivity contribution in [2.75, 3.05) is 31.5 Å². The molecule has 2 aliphatic rings. The second-order valence-corrected chi connectivity index (χ2v) is 9.33. The van der Waals surface area contributed by atoms with E-state index in [-0.39, 0.29) is 11.8 Å². The van der Waals surface area contributed by atoms with Crippen LogP contribution in [0.5, 0.6) is 0 Å². The number of halogens is 1. The highest BCUT2D eigenvalue weighted by Gasteiger charge is 2.27. The van der Waals surface area contributed by atoms with E-state index in [0.29, 0.717) is 17.8 Å². The summed E-state index contributed by atoms with van der Waals surface area (Å²) in [6.45, 7) is 8.01. The fourth-order valence-corrected chi connectivity index (χ4v) is 5.02. The van der Waals surface area contributed by atoms with Crippen molar-refractivity contribution in [3.8, 4) is 0 Å². The summed E-state index contributed by atoms with van der Waals surface area (Å²) in [6.07, 6.45) is 6.84. The quantitative estimate of drug-likeness (QED) is 0.367. The molecule has 7 heteroatoms. The summed E-state index contributed by atoms with van der Waals surface area (Å²) in [4.78, 5) is 31.4. The van der Waals surface area contributed by atoms with Gasteiger partial charge in [0.2, 0.25) is 0 Å². The number of hydrogen-bond acceptors (Lipinski definition) is 3. The molecule has 1 aliphatic carbocycles. The maximum absolute atomic E-state index is 13.0. The molecule has 1 aromatic carbocycles. The molecule has 2 aromatic rings. The number of aromatic amines is 1. The molecular weight excluding hydrogens is 468 g/mol. The highest BCUT2D eigenvalue weighted by molar-refractivity contribution is 9.10. The SMILES string of the molecule is CCN(CC)CCCNC(=O)c1[nH]c(/C=C2\C(=O)Nc3ccc(Br)cc32)c2c1CCCC2. The van der Waals surface area contributed by atoms with Crippen LogP contribution in [0.1, 0.15) is 66.0 Å². The van der Waals surface area contributed by atoms with Crippen molar-refractivity contribution in [1.82, 2.24) is 15.2 Å². The van der Waals surface area contributed by atoms with E-state index in [1.54, 1.807) is 0 Å². The van der Waals surface area contributed by atoms with Gasteiger partial charge in [-0.15, -0.1) is 0 Å². The summed E-state index contributed by atoms with van der Waals surface area (Å²) in [5.74, 6) is -0.161. The standard InChI is InChI=1S/C25H31BrN4O2/c1-3-30(4-2)13-7-12-27-25(32)23-18-9-6-5-8-17(18)22(28-23)15-20-19-14-16(26)10-11-21(19)29-24(20)31/h10-11,14-15,28H,3-9,12-13H2,1-2H3,(H,27,32)(H,29,31)/b20-15-. The molecule has 0 saturated carbocycles. The second-order valence-electron chi connectivity index (χ2n) is 8.42. The van der Waals surface area contributed by atoms with Crippen LogP contribution < -0.4 is 10.6 Å². The van der Waals surface area contributed by atoms with Crippen molar-refractivity contribution >= 4 is 45.1 Å². The van der Waals surface area contributed by atoms with Gasteiger partial charge in [0.25, 0.3) is 11.8 Å². The lowest BCUT2D eigenvalue weighted by Gasteiger charge is -2.17. The summed E-state index contributed by atoms with van der Waals surface area (Å²) in [5.41, 5.74) is 6.14. The third-order valence-corrected chi connectivity index (χ3v) is 6.96. The first kappa shape index (κ1) is 22.8. The number of hydrogen-bond donors (Lipinski definition) is 3. The maximum atomic E-state index is 13.0. The van der Waals surface area contributed by atoms with Gasteiger partial charge in [0, 0.05) is 28.0 Å². The molecule has 0 atom stereocenters. The predicted octanol–water partition coefficient (Wildman–Crippen LogP) is 4.61. The topological polar surface area (TPSA) is 77.2 Å². The zero-order chi connectivity index (χ0) is 22.7. The largest absolute Gasteiger partial charge is 0.351 e. The molecule has 4 rings (SSSR count). The van der Waals surface area contributed by atoms with Gasteiger partial charge in [-0.05, 0) is 87.1 Å². The Morgan fingerprint density at radius 2 is 1.94 bits per heavy atom. The van der Waals surface area contributed by atoms with Gasteiger partial charge in [-0.3, -0.25) is 9.59 Å². The van der Waals surface area contributed by atoms with Crippen LogP contribution in [0.2, 0.25) is 0 Å². The molecule has 6 nitrogen and oxygen atoms in total. The van der Waals surface area contributed by atoms with Crippen molar-refractivity contribution in [3.63, 3.8) is 0 Å². The Kier molecular flexibility index (Phi) is 7.16. The average molecular weight is 499 g/mol. The first-order valence-electron chi connectivity index (χ1n) is 11.6. The van der Waals surface area contributed by atoms with E-state index in [1.165, 1.54) is 5.56 Å². The first-order valence-corrected chi connectivity index (χ1v) is 12.4. The lowest BCUT2D eigenvalue weighted by molar-refractivity contribution is -0.110. The Bertz CT molecular complexity index is 1050. The van der Waals surface area contributed by atoms with Crippen molar-refractivity contribution in [2.45, 2.75) is 46.0 Å². The summed E-state index contributed by atoms with van der Waals surface area (Å²) >= 11 is 3.50. The van der Waals surface area contributed by atoms with E-state index >= 15 is 0 Å². The van der Waals surface area contributed by atoms with Gasteiger partial charge >= 0.3 is 0 Å². The van der Waals surface area contributed by atoms with Crippen LogP contribution in [0.4, 0.5) is 5.69 Å². The van der Waals surface area contributed by atoms with Crippen LogP contribution >= 0.6 is 15.9 Å². The Hall–Kier alpha value is -2.38. The number of carbonyl (C=O) groups excluding carboxylic acids is 2. The number of amides is 2. The molecule has 1 aromatic heterocycles. The van der Waals surface area contributed by atoms with Gasteiger partial charge in [0.05, 0.1) is 5.57 Å². The maximum Gasteiger partial charge on any atom is 0.268 e. The first-order chi connectivity index (χ1) is 15.5. The molecule has 32 heavy (non-hydrogen) atoms. The van der Waals surface area contributed by atoms with Gasteiger partial charge in [0.1, 0.15) is 5.69 Å². The monoisotopic (exact) mass is 498 g/mol. The lowest BCUT2D eigenvalue weighted by atomic mass is 9.91. The summed E-state index contributed by atoms with van der Waals surface area (Å²) in [6, 6.07) is 5.78. The third kappa shape index (κ3) is 4.69. The molecule has 2 heterocycles. The fourth-order valence-electron chi connectivity index (χ4n) is 4.66. The summed E-state index contributed by atoms with van der Waals surface area (Å²) in [7, 11) is 0. The smallest absolute Gasteiger partial charge is 0.268 e. The highest BCUT2D eigenvalue weighted by Crippen LogP contribution is 2.37. The molecule has 2 amide bonds. The van der Waals surface area contributed by atoms with Gasteiger partial charge in [0.15, 0.2) is 0 Å². The van der Waals surface area contributed by atoms with E-state index in [1.807, 2.05) is 24.3 Å². The van der Waals surface area contributed by atoms with E-state index in [0.717, 1.165) is 78.7 Å². The normalized spacial score (nSPS) is 16.2. The second kappa shape index (κ2) is 10.0. The molecule has 1 aliphatic heterocycles. The van der Waals surface area contributed by atoms with Gasteiger partial charge in [-0.25, -0.2) is 0 Å². The number of H-pyrrole nitrogens is 1. The number of anilines is 1. The zero-order valence-corrected chi connectivity index (χ0v) is 20.4. The van der Waals surface area contributed by atoms with E-state index in [9.17, 15) is 9.59 Å². The number of rotatable bonds is 8.